The first-order valence-corrected chi connectivity index (χ1v) is 6.54. The minimum atomic E-state index is -0.411. The molecule has 0 bridgehead atoms. The first-order chi connectivity index (χ1) is 8.58. The van der Waals surface area contributed by atoms with Crippen LogP contribution in [0.25, 0.3) is 6.08 Å². The Morgan fingerprint density at radius 3 is 2.72 bits per heavy atom. The van der Waals surface area contributed by atoms with E-state index in [1.165, 1.54) is 18.1 Å². The molecule has 1 aromatic heterocycles. The number of esters is 1. The molecule has 1 rings (SSSR count). The fourth-order valence-electron chi connectivity index (χ4n) is 1.37. The first kappa shape index (κ1) is 14.4. The number of carbonyl (C=O) groups excluding carboxylic acids is 2. The molecular formula is C13H17NO3S. The summed E-state index contributed by atoms with van der Waals surface area (Å²) in [5.74, 6) is -0.596. The van der Waals surface area contributed by atoms with Gasteiger partial charge < -0.3 is 9.64 Å². The fraction of sp³-hybridized carbons (Fsp3) is 0.385. The highest BCUT2D eigenvalue weighted by atomic mass is 32.1. The van der Waals surface area contributed by atoms with Crippen molar-refractivity contribution in [2.24, 2.45) is 0 Å². The summed E-state index contributed by atoms with van der Waals surface area (Å²) in [6.45, 7) is 4.28. The summed E-state index contributed by atoms with van der Waals surface area (Å²) < 4.78 is 4.55. The molecule has 0 radical (unpaired) electrons. The monoisotopic (exact) mass is 267 g/mol. The lowest BCUT2D eigenvalue weighted by atomic mass is 10.2. The van der Waals surface area contributed by atoms with Gasteiger partial charge in [0.15, 0.2) is 0 Å². The van der Waals surface area contributed by atoms with Crippen LogP contribution in [0.5, 0.6) is 0 Å². The summed E-state index contributed by atoms with van der Waals surface area (Å²) in [6, 6.07) is 2.00. The number of hydrogen-bond donors (Lipinski definition) is 0. The Morgan fingerprint density at radius 1 is 1.50 bits per heavy atom. The standard InChI is InChI=1S/C13H17NO3S/c1-4-14(9-13(16)17-3)12(15)6-5-11-10(2)7-8-18-11/h5-8H,4,9H2,1-3H3/b6-5+. The molecule has 5 heteroatoms. The van der Waals surface area contributed by atoms with Gasteiger partial charge in [0.05, 0.1) is 7.11 Å². The van der Waals surface area contributed by atoms with Gasteiger partial charge in [-0.2, -0.15) is 0 Å². The number of hydrogen-bond acceptors (Lipinski definition) is 4. The molecule has 0 aliphatic carbocycles. The van der Waals surface area contributed by atoms with Crippen LogP contribution in [0.4, 0.5) is 0 Å². The van der Waals surface area contributed by atoms with Gasteiger partial charge in [-0.25, -0.2) is 0 Å². The third-order valence-electron chi connectivity index (χ3n) is 2.52. The van der Waals surface area contributed by atoms with E-state index in [1.807, 2.05) is 25.3 Å². The summed E-state index contributed by atoms with van der Waals surface area (Å²) in [5.41, 5.74) is 1.14. The van der Waals surface area contributed by atoms with E-state index in [0.29, 0.717) is 6.54 Å². The molecule has 18 heavy (non-hydrogen) atoms. The maximum Gasteiger partial charge on any atom is 0.325 e. The van der Waals surface area contributed by atoms with Crippen molar-refractivity contribution in [1.29, 1.82) is 0 Å². The van der Waals surface area contributed by atoms with Crippen molar-refractivity contribution in [2.75, 3.05) is 20.2 Å². The second kappa shape index (κ2) is 6.96. The Balaban J connectivity index is 2.65. The third kappa shape index (κ3) is 4.00. The van der Waals surface area contributed by atoms with E-state index in [-0.39, 0.29) is 12.5 Å². The van der Waals surface area contributed by atoms with Gasteiger partial charge in [-0.1, -0.05) is 0 Å². The van der Waals surface area contributed by atoms with E-state index in [2.05, 4.69) is 4.74 Å². The van der Waals surface area contributed by atoms with Crippen LogP contribution >= 0.6 is 11.3 Å². The minimum Gasteiger partial charge on any atom is -0.468 e. The Kier molecular flexibility index (Phi) is 5.58. The maximum atomic E-state index is 11.9. The molecule has 0 aliphatic rings. The molecule has 0 N–H and O–H groups in total. The molecule has 0 aromatic carbocycles. The van der Waals surface area contributed by atoms with Crippen LogP contribution in [-0.4, -0.2) is 37.0 Å². The molecule has 0 atom stereocenters. The number of aryl methyl sites for hydroxylation is 1. The Bertz CT molecular complexity index is 451. The lowest BCUT2D eigenvalue weighted by Crippen LogP contribution is -2.34. The molecule has 98 valence electrons. The van der Waals surface area contributed by atoms with Gasteiger partial charge in [-0.3, -0.25) is 9.59 Å². The average molecular weight is 267 g/mol. The van der Waals surface area contributed by atoms with Crippen molar-refractivity contribution in [3.8, 4) is 0 Å². The van der Waals surface area contributed by atoms with Crippen LogP contribution in [0.3, 0.4) is 0 Å². The van der Waals surface area contributed by atoms with Crippen molar-refractivity contribution in [2.45, 2.75) is 13.8 Å². The zero-order chi connectivity index (χ0) is 13.5. The molecule has 0 unspecified atom stereocenters. The number of rotatable bonds is 5. The summed E-state index contributed by atoms with van der Waals surface area (Å²) in [5, 5.41) is 1.98. The van der Waals surface area contributed by atoms with E-state index in [0.717, 1.165) is 10.4 Å². The molecule has 0 fully saturated rings. The molecular weight excluding hydrogens is 250 g/mol. The Labute approximate surface area is 111 Å². The van der Waals surface area contributed by atoms with Gasteiger partial charge >= 0.3 is 5.97 Å². The average Bonchev–Trinajstić information content (AvgIpc) is 2.78. The molecule has 1 heterocycles. The van der Waals surface area contributed by atoms with Crippen LogP contribution in [0.2, 0.25) is 0 Å². The molecule has 1 amide bonds. The summed E-state index contributed by atoms with van der Waals surface area (Å²) in [4.78, 5) is 25.5. The van der Waals surface area contributed by atoms with Gasteiger partial charge in [0.2, 0.25) is 5.91 Å². The highest BCUT2D eigenvalue weighted by Gasteiger charge is 2.13. The summed E-state index contributed by atoms with van der Waals surface area (Å²) >= 11 is 1.58. The zero-order valence-electron chi connectivity index (χ0n) is 10.8. The highest BCUT2D eigenvalue weighted by molar-refractivity contribution is 7.11. The minimum absolute atomic E-state index is 0.0143. The maximum absolute atomic E-state index is 11.9. The van der Waals surface area contributed by atoms with Crippen molar-refractivity contribution < 1.29 is 14.3 Å². The molecule has 4 nitrogen and oxygen atoms in total. The van der Waals surface area contributed by atoms with Gasteiger partial charge in [0, 0.05) is 17.5 Å². The summed E-state index contributed by atoms with van der Waals surface area (Å²) in [7, 11) is 1.31. The second-order valence-corrected chi connectivity index (χ2v) is 4.68. The van der Waals surface area contributed by atoms with Crippen molar-refractivity contribution >= 4 is 29.3 Å². The van der Waals surface area contributed by atoms with Gasteiger partial charge in [-0.05, 0) is 36.9 Å². The number of nitrogens with zero attached hydrogens (tertiary/aromatic N) is 1. The largest absolute Gasteiger partial charge is 0.468 e. The third-order valence-corrected chi connectivity index (χ3v) is 3.50. The van der Waals surface area contributed by atoms with Crippen LogP contribution in [0, 0.1) is 6.92 Å². The van der Waals surface area contributed by atoms with Gasteiger partial charge in [0.25, 0.3) is 0 Å². The van der Waals surface area contributed by atoms with Crippen molar-refractivity contribution in [3.63, 3.8) is 0 Å². The number of carbonyl (C=O) groups is 2. The Morgan fingerprint density at radius 2 is 2.22 bits per heavy atom. The smallest absolute Gasteiger partial charge is 0.325 e. The predicted molar refractivity (Wildman–Crippen MR) is 72.4 cm³/mol. The normalized spacial score (nSPS) is 10.6. The predicted octanol–water partition coefficient (Wildman–Crippen LogP) is 2.09. The van der Waals surface area contributed by atoms with Crippen LogP contribution in [-0.2, 0) is 14.3 Å². The van der Waals surface area contributed by atoms with E-state index in [1.54, 1.807) is 17.4 Å². The molecule has 0 saturated heterocycles. The van der Waals surface area contributed by atoms with E-state index in [9.17, 15) is 9.59 Å². The number of likely N-dealkylation sites (N-methyl/N-ethyl adjacent to an activating group) is 1. The fourth-order valence-corrected chi connectivity index (χ4v) is 2.19. The lowest BCUT2D eigenvalue weighted by Gasteiger charge is -2.17. The molecule has 0 saturated carbocycles. The van der Waals surface area contributed by atoms with Crippen LogP contribution in [0.1, 0.15) is 17.4 Å². The molecule has 0 spiro atoms. The van der Waals surface area contributed by atoms with Crippen LogP contribution in [0.15, 0.2) is 17.5 Å². The van der Waals surface area contributed by atoms with Crippen molar-refractivity contribution in [1.82, 2.24) is 4.90 Å². The summed E-state index contributed by atoms with van der Waals surface area (Å²) in [6.07, 6.45) is 3.27. The van der Waals surface area contributed by atoms with E-state index >= 15 is 0 Å². The topological polar surface area (TPSA) is 46.6 Å². The lowest BCUT2D eigenvalue weighted by molar-refractivity contribution is -0.145. The number of ether oxygens (including phenoxy) is 1. The molecule has 1 aromatic rings. The SMILES string of the molecule is CCN(CC(=O)OC)C(=O)/C=C/c1sccc1C. The zero-order valence-corrected chi connectivity index (χ0v) is 11.6. The van der Waals surface area contributed by atoms with Crippen LogP contribution < -0.4 is 0 Å². The number of methoxy groups -OCH3 is 1. The number of amides is 1. The quantitative estimate of drug-likeness (QED) is 0.606. The number of thiophene rings is 1. The molecule has 0 aliphatic heterocycles. The van der Waals surface area contributed by atoms with Crippen molar-refractivity contribution in [3.05, 3.63) is 28.0 Å². The Hall–Kier alpha value is -1.62. The van der Waals surface area contributed by atoms with Gasteiger partial charge in [-0.15, -0.1) is 11.3 Å². The first-order valence-electron chi connectivity index (χ1n) is 5.66. The van der Waals surface area contributed by atoms with E-state index in [4.69, 9.17) is 0 Å². The van der Waals surface area contributed by atoms with E-state index < -0.39 is 5.97 Å². The van der Waals surface area contributed by atoms with Gasteiger partial charge in [0.1, 0.15) is 6.54 Å². The highest BCUT2D eigenvalue weighted by Crippen LogP contribution is 2.17. The second-order valence-electron chi connectivity index (χ2n) is 3.73.